The third-order valence-corrected chi connectivity index (χ3v) is 6.30. The van der Waals surface area contributed by atoms with E-state index in [4.69, 9.17) is 9.26 Å². The van der Waals surface area contributed by atoms with E-state index in [-0.39, 0.29) is 0 Å². The topological polar surface area (TPSA) is 114 Å². The number of aliphatic hydroxyl groups excluding tert-OH is 1. The van der Waals surface area contributed by atoms with Crippen LogP contribution in [0.1, 0.15) is 61.4 Å². The Morgan fingerprint density at radius 3 is 2.61 bits per heavy atom. The number of ether oxygens (including phenoxy) is 1. The van der Waals surface area contributed by atoms with Crippen molar-refractivity contribution in [2.75, 3.05) is 13.2 Å². The summed E-state index contributed by atoms with van der Waals surface area (Å²) in [7, 11) is 0. The SMILES string of the molecule is O=c1[nH]c(C2(n3c(C(O)O)cc4cc(C5CCOCC5)ccc43)CCC2)no1. The molecule has 3 heterocycles. The number of rotatable bonds is 4. The lowest BCUT2D eigenvalue weighted by Gasteiger charge is -2.42. The first-order valence-corrected chi connectivity index (χ1v) is 9.75. The van der Waals surface area contributed by atoms with Crippen LogP contribution in [0.4, 0.5) is 0 Å². The van der Waals surface area contributed by atoms with Gasteiger partial charge in [-0.2, -0.15) is 0 Å². The van der Waals surface area contributed by atoms with Gasteiger partial charge in [-0.3, -0.25) is 9.51 Å². The van der Waals surface area contributed by atoms with Crippen molar-refractivity contribution < 1.29 is 19.5 Å². The molecular formula is C20H23N3O5. The van der Waals surface area contributed by atoms with Gasteiger partial charge in [-0.05, 0) is 61.8 Å². The van der Waals surface area contributed by atoms with Gasteiger partial charge in [0.15, 0.2) is 12.1 Å². The standard InChI is InChI=1S/C20H23N3O5/c24-17(25)16-11-14-10-13(12-4-8-27-9-5-12)2-3-15(14)23(16)20(6-1-7-20)18-21-19(26)28-22-18/h2-3,10-12,17,24-25H,1,4-9H2,(H,21,22,26). The summed E-state index contributed by atoms with van der Waals surface area (Å²) in [6.45, 7) is 1.54. The number of benzene rings is 1. The lowest BCUT2D eigenvalue weighted by Crippen LogP contribution is -2.44. The fourth-order valence-electron chi connectivity index (χ4n) is 4.72. The normalized spacial score (nSPS) is 20.0. The summed E-state index contributed by atoms with van der Waals surface area (Å²) in [5, 5.41) is 25.0. The van der Waals surface area contributed by atoms with Crippen LogP contribution in [-0.4, -0.2) is 38.1 Å². The second-order valence-electron chi connectivity index (χ2n) is 7.81. The van der Waals surface area contributed by atoms with E-state index in [1.54, 1.807) is 0 Å². The highest BCUT2D eigenvalue weighted by Crippen LogP contribution is 2.47. The van der Waals surface area contributed by atoms with Gasteiger partial charge in [0.25, 0.3) is 0 Å². The largest absolute Gasteiger partial charge is 0.438 e. The molecule has 1 aliphatic heterocycles. The molecule has 0 spiro atoms. The molecule has 5 rings (SSSR count). The van der Waals surface area contributed by atoms with Crippen LogP contribution >= 0.6 is 0 Å². The molecule has 148 valence electrons. The van der Waals surface area contributed by atoms with Gasteiger partial charge in [0.1, 0.15) is 5.54 Å². The monoisotopic (exact) mass is 385 g/mol. The number of H-pyrrole nitrogens is 1. The van der Waals surface area contributed by atoms with Crippen LogP contribution in [-0.2, 0) is 10.3 Å². The van der Waals surface area contributed by atoms with E-state index in [0.29, 0.717) is 17.4 Å². The molecule has 3 aromatic rings. The van der Waals surface area contributed by atoms with Crippen molar-refractivity contribution in [1.29, 1.82) is 0 Å². The highest BCUT2D eigenvalue weighted by molar-refractivity contribution is 5.83. The van der Waals surface area contributed by atoms with Crippen molar-refractivity contribution >= 4 is 10.9 Å². The van der Waals surface area contributed by atoms with Gasteiger partial charge in [0, 0.05) is 24.1 Å². The molecule has 0 bridgehead atoms. The second-order valence-corrected chi connectivity index (χ2v) is 7.81. The number of aromatic amines is 1. The number of aliphatic hydroxyl groups is 2. The average molecular weight is 385 g/mol. The molecule has 1 saturated carbocycles. The molecular weight excluding hydrogens is 362 g/mol. The molecule has 8 nitrogen and oxygen atoms in total. The van der Waals surface area contributed by atoms with Crippen LogP contribution in [0.3, 0.4) is 0 Å². The van der Waals surface area contributed by atoms with Gasteiger partial charge in [-0.15, -0.1) is 0 Å². The van der Waals surface area contributed by atoms with Crippen molar-refractivity contribution in [2.45, 2.75) is 49.9 Å². The molecule has 2 fully saturated rings. The van der Waals surface area contributed by atoms with Crippen LogP contribution in [0.15, 0.2) is 33.6 Å². The van der Waals surface area contributed by atoms with Gasteiger partial charge in [0.2, 0.25) is 0 Å². The molecule has 0 amide bonds. The van der Waals surface area contributed by atoms with Crippen molar-refractivity contribution in [1.82, 2.24) is 14.7 Å². The highest BCUT2D eigenvalue weighted by atomic mass is 16.5. The summed E-state index contributed by atoms with van der Waals surface area (Å²) >= 11 is 0. The maximum Gasteiger partial charge on any atom is 0.438 e. The predicted octanol–water partition coefficient (Wildman–Crippen LogP) is 2.12. The van der Waals surface area contributed by atoms with Crippen LogP contribution in [0, 0.1) is 0 Å². The quantitative estimate of drug-likeness (QED) is 0.593. The van der Waals surface area contributed by atoms with Gasteiger partial charge >= 0.3 is 5.76 Å². The number of hydrogen-bond donors (Lipinski definition) is 3. The number of hydrogen-bond acceptors (Lipinski definition) is 6. The highest BCUT2D eigenvalue weighted by Gasteiger charge is 2.46. The first-order valence-electron chi connectivity index (χ1n) is 9.75. The van der Waals surface area contributed by atoms with Crippen molar-refractivity contribution in [3.8, 4) is 0 Å². The lowest BCUT2D eigenvalue weighted by atomic mass is 9.75. The van der Waals surface area contributed by atoms with E-state index in [0.717, 1.165) is 56.2 Å². The zero-order chi connectivity index (χ0) is 19.3. The molecule has 2 aliphatic rings. The number of fused-ring (bicyclic) bond motifs is 1. The molecule has 0 atom stereocenters. The second kappa shape index (κ2) is 6.58. The van der Waals surface area contributed by atoms with E-state index < -0.39 is 17.6 Å². The van der Waals surface area contributed by atoms with Gasteiger partial charge < -0.3 is 19.5 Å². The average Bonchev–Trinajstić information content (AvgIpc) is 3.26. The minimum absolute atomic E-state index is 0.391. The van der Waals surface area contributed by atoms with Crippen molar-refractivity contribution in [3.63, 3.8) is 0 Å². The number of aromatic nitrogens is 3. The minimum Gasteiger partial charge on any atom is -0.381 e. The Morgan fingerprint density at radius 1 is 1.21 bits per heavy atom. The van der Waals surface area contributed by atoms with E-state index in [9.17, 15) is 15.0 Å². The van der Waals surface area contributed by atoms with Crippen molar-refractivity contribution in [3.05, 3.63) is 51.9 Å². The van der Waals surface area contributed by atoms with Gasteiger partial charge in [-0.25, -0.2) is 4.79 Å². The minimum atomic E-state index is -1.63. The molecule has 0 radical (unpaired) electrons. The van der Waals surface area contributed by atoms with E-state index in [1.807, 2.05) is 16.7 Å². The van der Waals surface area contributed by atoms with E-state index in [1.165, 1.54) is 5.56 Å². The number of nitrogens with one attached hydrogen (secondary N) is 1. The summed E-state index contributed by atoms with van der Waals surface area (Å²) < 4.78 is 12.1. The molecule has 3 N–H and O–H groups in total. The van der Waals surface area contributed by atoms with Crippen LogP contribution in [0.5, 0.6) is 0 Å². The lowest BCUT2D eigenvalue weighted by molar-refractivity contribution is -0.0521. The van der Waals surface area contributed by atoms with Gasteiger partial charge in [-0.1, -0.05) is 11.2 Å². The summed E-state index contributed by atoms with van der Waals surface area (Å²) in [5.41, 5.74) is 1.89. The third kappa shape index (κ3) is 2.63. The molecule has 28 heavy (non-hydrogen) atoms. The first kappa shape index (κ1) is 17.7. The molecule has 2 aromatic heterocycles. The fourth-order valence-corrected chi connectivity index (χ4v) is 4.72. The first-order chi connectivity index (χ1) is 13.6. The zero-order valence-corrected chi connectivity index (χ0v) is 15.4. The molecule has 1 saturated heterocycles. The summed E-state index contributed by atoms with van der Waals surface area (Å²) in [4.78, 5) is 14.2. The van der Waals surface area contributed by atoms with Crippen LogP contribution in [0.25, 0.3) is 10.9 Å². The van der Waals surface area contributed by atoms with Crippen LogP contribution in [0.2, 0.25) is 0 Å². The summed E-state index contributed by atoms with van der Waals surface area (Å²) in [5.74, 6) is 0.274. The Labute approximate surface area is 160 Å². The third-order valence-electron chi connectivity index (χ3n) is 6.30. The maximum absolute atomic E-state index is 11.5. The Morgan fingerprint density at radius 2 is 2.00 bits per heavy atom. The maximum atomic E-state index is 11.5. The molecule has 0 unspecified atom stereocenters. The number of nitrogens with zero attached hydrogens (tertiary/aromatic N) is 2. The van der Waals surface area contributed by atoms with Crippen LogP contribution < -0.4 is 5.76 Å². The molecule has 1 aromatic carbocycles. The Balaban J connectivity index is 1.67. The van der Waals surface area contributed by atoms with Gasteiger partial charge in [0.05, 0.1) is 5.69 Å². The Hall–Kier alpha value is -2.42. The summed E-state index contributed by atoms with van der Waals surface area (Å²) in [6, 6.07) is 8.09. The van der Waals surface area contributed by atoms with Crippen molar-refractivity contribution in [2.24, 2.45) is 0 Å². The molecule has 1 aliphatic carbocycles. The van der Waals surface area contributed by atoms with E-state index in [2.05, 4.69) is 22.3 Å². The van der Waals surface area contributed by atoms with E-state index >= 15 is 0 Å². The Bertz CT molecular complexity index is 1050. The summed E-state index contributed by atoms with van der Waals surface area (Å²) in [6.07, 6.45) is 2.78. The molecule has 8 heteroatoms. The smallest absolute Gasteiger partial charge is 0.381 e. The predicted molar refractivity (Wildman–Crippen MR) is 100.0 cm³/mol. The Kier molecular flexibility index (Phi) is 4.15. The fraction of sp³-hybridized carbons (Fsp3) is 0.500. The zero-order valence-electron chi connectivity index (χ0n) is 15.4.